The van der Waals surface area contributed by atoms with Gasteiger partial charge >= 0.3 is 0 Å². The Morgan fingerprint density at radius 1 is 1.25 bits per heavy atom. The van der Waals surface area contributed by atoms with E-state index in [1.54, 1.807) is 18.2 Å². The van der Waals surface area contributed by atoms with Crippen LogP contribution in [0.15, 0.2) is 18.2 Å². The fourth-order valence-corrected chi connectivity index (χ4v) is 1.97. The number of benzene rings is 1. The van der Waals surface area contributed by atoms with Crippen molar-refractivity contribution in [2.75, 3.05) is 19.4 Å². The van der Waals surface area contributed by atoms with Crippen LogP contribution in [0.2, 0.25) is 10.0 Å². The minimum atomic E-state index is -3.18. The van der Waals surface area contributed by atoms with Gasteiger partial charge in [-0.3, -0.25) is 0 Å². The quantitative estimate of drug-likeness (QED) is 0.840. The summed E-state index contributed by atoms with van der Waals surface area (Å²) in [6.07, 6.45) is 1.09. The van der Waals surface area contributed by atoms with Crippen LogP contribution >= 0.6 is 23.2 Å². The van der Waals surface area contributed by atoms with Gasteiger partial charge in [0.15, 0.2) is 0 Å². The van der Waals surface area contributed by atoms with Crippen LogP contribution in [-0.2, 0) is 10.0 Å². The van der Waals surface area contributed by atoms with Gasteiger partial charge in [-0.05, 0) is 18.2 Å². The van der Waals surface area contributed by atoms with E-state index in [4.69, 9.17) is 27.9 Å². The highest BCUT2D eigenvalue weighted by Gasteiger charge is 2.01. The molecule has 0 radical (unpaired) electrons. The molecule has 0 heterocycles. The topological polar surface area (TPSA) is 55.4 Å². The van der Waals surface area contributed by atoms with Crippen molar-refractivity contribution >= 4 is 33.2 Å². The summed E-state index contributed by atoms with van der Waals surface area (Å²) in [6, 6.07) is 4.80. The zero-order chi connectivity index (χ0) is 12.2. The molecule has 0 spiro atoms. The minimum absolute atomic E-state index is 0.197. The Kier molecular flexibility index (Phi) is 4.86. The molecule has 1 rings (SSSR count). The number of nitrogens with one attached hydrogen (secondary N) is 1. The Balaban J connectivity index is 2.43. The molecule has 16 heavy (non-hydrogen) atoms. The predicted molar refractivity (Wildman–Crippen MR) is 64.8 cm³/mol. The average molecular weight is 284 g/mol. The zero-order valence-corrected chi connectivity index (χ0v) is 10.9. The van der Waals surface area contributed by atoms with Gasteiger partial charge < -0.3 is 4.74 Å². The molecular weight excluding hydrogens is 273 g/mol. The molecule has 4 nitrogen and oxygen atoms in total. The summed E-state index contributed by atoms with van der Waals surface area (Å²) < 4.78 is 29.1. The molecule has 7 heteroatoms. The molecule has 0 saturated heterocycles. The zero-order valence-electron chi connectivity index (χ0n) is 8.54. The molecule has 0 amide bonds. The lowest BCUT2D eigenvalue weighted by Crippen LogP contribution is -2.26. The van der Waals surface area contributed by atoms with E-state index in [9.17, 15) is 8.42 Å². The normalized spacial score (nSPS) is 11.4. The van der Waals surface area contributed by atoms with E-state index in [-0.39, 0.29) is 13.2 Å². The van der Waals surface area contributed by atoms with Crippen molar-refractivity contribution in [3.8, 4) is 5.75 Å². The molecular formula is C9H11Cl2NO3S. The van der Waals surface area contributed by atoms with Crippen LogP contribution in [0.3, 0.4) is 0 Å². The number of ether oxygens (including phenoxy) is 1. The van der Waals surface area contributed by atoms with Crippen LogP contribution in [-0.4, -0.2) is 27.8 Å². The van der Waals surface area contributed by atoms with Gasteiger partial charge in [0.25, 0.3) is 0 Å². The second kappa shape index (κ2) is 5.72. The summed E-state index contributed by atoms with van der Waals surface area (Å²) >= 11 is 11.5. The van der Waals surface area contributed by atoms with Crippen LogP contribution in [0, 0.1) is 0 Å². The summed E-state index contributed by atoms with van der Waals surface area (Å²) in [5, 5.41) is 0.942. The third-order valence-corrected chi connectivity index (χ3v) is 2.74. The Morgan fingerprint density at radius 2 is 1.81 bits per heavy atom. The van der Waals surface area contributed by atoms with Crippen molar-refractivity contribution < 1.29 is 13.2 Å². The molecule has 0 unspecified atom stereocenters. The number of hydrogen-bond donors (Lipinski definition) is 1. The standard InChI is InChI=1S/C9H11Cl2NO3S/c1-16(13,14)12-2-3-15-9-5-7(10)4-8(11)6-9/h4-6,12H,2-3H2,1H3. The molecule has 0 fully saturated rings. The van der Waals surface area contributed by atoms with Crippen LogP contribution in [0.5, 0.6) is 5.75 Å². The van der Waals surface area contributed by atoms with Crippen molar-refractivity contribution in [3.63, 3.8) is 0 Å². The summed E-state index contributed by atoms with van der Waals surface area (Å²) in [5.74, 6) is 0.507. The molecule has 0 atom stereocenters. The van der Waals surface area contributed by atoms with Gasteiger partial charge in [-0.2, -0.15) is 0 Å². The predicted octanol–water partition coefficient (Wildman–Crippen LogP) is 1.92. The van der Waals surface area contributed by atoms with Crippen molar-refractivity contribution in [2.45, 2.75) is 0 Å². The third-order valence-electron chi connectivity index (χ3n) is 1.57. The van der Waals surface area contributed by atoms with Gasteiger partial charge in [-0.1, -0.05) is 23.2 Å². The highest BCUT2D eigenvalue weighted by molar-refractivity contribution is 7.88. The van der Waals surface area contributed by atoms with E-state index in [1.807, 2.05) is 0 Å². The average Bonchev–Trinajstić information content (AvgIpc) is 2.09. The van der Waals surface area contributed by atoms with Gasteiger partial charge in [0.05, 0.1) is 6.26 Å². The van der Waals surface area contributed by atoms with E-state index >= 15 is 0 Å². The van der Waals surface area contributed by atoms with E-state index < -0.39 is 10.0 Å². The summed E-state index contributed by atoms with van der Waals surface area (Å²) in [5.41, 5.74) is 0. The SMILES string of the molecule is CS(=O)(=O)NCCOc1cc(Cl)cc(Cl)c1. The molecule has 1 aromatic carbocycles. The number of sulfonamides is 1. The molecule has 1 aromatic rings. The first-order valence-electron chi connectivity index (χ1n) is 4.40. The van der Waals surface area contributed by atoms with Crippen molar-refractivity contribution in [2.24, 2.45) is 0 Å². The molecule has 0 aliphatic heterocycles. The summed E-state index contributed by atoms with van der Waals surface area (Å²) in [7, 11) is -3.18. The monoisotopic (exact) mass is 283 g/mol. The lowest BCUT2D eigenvalue weighted by Gasteiger charge is -2.07. The summed E-state index contributed by atoms with van der Waals surface area (Å²) in [6.45, 7) is 0.409. The Morgan fingerprint density at radius 3 is 2.31 bits per heavy atom. The molecule has 0 bridgehead atoms. The number of rotatable bonds is 5. The van der Waals surface area contributed by atoms with Crippen molar-refractivity contribution in [1.29, 1.82) is 0 Å². The number of halogens is 2. The van der Waals surface area contributed by atoms with E-state index in [0.717, 1.165) is 6.26 Å². The fourth-order valence-electron chi connectivity index (χ4n) is 1.01. The van der Waals surface area contributed by atoms with Gasteiger partial charge in [0, 0.05) is 16.6 Å². The van der Waals surface area contributed by atoms with Gasteiger partial charge in [0.2, 0.25) is 10.0 Å². The maximum atomic E-state index is 10.7. The molecule has 90 valence electrons. The minimum Gasteiger partial charge on any atom is -0.492 e. The van der Waals surface area contributed by atoms with Crippen LogP contribution in [0.1, 0.15) is 0 Å². The van der Waals surface area contributed by atoms with Crippen LogP contribution in [0.4, 0.5) is 0 Å². The van der Waals surface area contributed by atoms with E-state index in [1.165, 1.54) is 0 Å². The van der Waals surface area contributed by atoms with Crippen LogP contribution < -0.4 is 9.46 Å². The van der Waals surface area contributed by atoms with Gasteiger partial charge in [-0.15, -0.1) is 0 Å². The molecule has 0 aromatic heterocycles. The maximum Gasteiger partial charge on any atom is 0.208 e. The number of hydrogen-bond acceptors (Lipinski definition) is 3. The van der Waals surface area contributed by atoms with Crippen molar-refractivity contribution in [1.82, 2.24) is 4.72 Å². The first-order chi connectivity index (χ1) is 7.37. The van der Waals surface area contributed by atoms with E-state index in [2.05, 4.69) is 4.72 Å². The van der Waals surface area contributed by atoms with Crippen molar-refractivity contribution in [3.05, 3.63) is 28.2 Å². The molecule has 0 aliphatic rings. The fraction of sp³-hybridized carbons (Fsp3) is 0.333. The molecule has 0 saturated carbocycles. The largest absolute Gasteiger partial charge is 0.492 e. The van der Waals surface area contributed by atoms with Gasteiger partial charge in [0.1, 0.15) is 12.4 Å². The van der Waals surface area contributed by atoms with E-state index in [0.29, 0.717) is 15.8 Å². The summed E-state index contributed by atoms with van der Waals surface area (Å²) in [4.78, 5) is 0. The third kappa shape index (κ3) is 5.55. The highest BCUT2D eigenvalue weighted by atomic mass is 35.5. The van der Waals surface area contributed by atoms with Gasteiger partial charge in [-0.25, -0.2) is 13.1 Å². The Hall–Kier alpha value is -0.490. The second-order valence-electron chi connectivity index (χ2n) is 3.12. The van der Waals surface area contributed by atoms with Crippen LogP contribution in [0.25, 0.3) is 0 Å². The lowest BCUT2D eigenvalue weighted by molar-refractivity contribution is 0.323. The Bertz CT molecular complexity index is 442. The molecule has 1 N–H and O–H groups in total. The molecule has 0 aliphatic carbocycles. The maximum absolute atomic E-state index is 10.7. The smallest absolute Gasteiger partial charge is 0.208 e. The highest BCUT2D eigenvalue weighted by Crippen LogP contribution is 2.23. The second-order valence-corrected chi connectivity index (χ2v) is 5.83. The Labute approximate surface area is 105 Å². The first kappa shape index (κ1) is 13.6. The lowest BCUT2D eigenvalue weighted by atomic mass is 10.3. The first-order valence-corrected chi connectivity index (χ1v) is 7.05.